The predicted molar refractivity (Wildman–Crippen MR) is 95.8 cm³/mol. The molecule has 0 saturated heterocycles. The summed E-state index contributed by atoms with van der Waals surface area (Å²) in [4.78, 5) is 13.7. The average molecular weight is 385 g/mol. The number of aliphatic hydroxyl groups is 1. The molecule has 7 heteroatoms. The van der Waals surface area contributed by atoms with Crippen LogP contribution >= 0.6 is 0 Å². The van der Waals surface area contributed by atoms with Crippen LogP contribution < -0.4 is 9.64 Å². The summed E-state index contributed by atoms with van der Waals surface area (Å²) in [7, 11) is 0. The van der Waals surface area contributed by atoms with Crippen molar-refractivity contribution in [2.45, 2.75) is 70.7 Å². The SMILES string of the molecule is CC(C)CCOc1cc2c(c(C(F)(F)F)c1)N([C@H]1C[C@](C)(O)C1)C(=O)CC2. The number of hydrogen-bond donors (Lipinski definition) is 1. The lowest BCUT2D eigenvalue weighted by Gasteiger charge is -2.48. The van der Waals surface area contributed by atoms with Gasteiger partial charge in [-0.2, -0.15) is 13.2 Å². The molecule has 1 aromatic carbocycles. The zero-order chi connectivity index (χ0) is 20.0. The van der Waals surface area contributed by atoms with Crippen LogP contribution in [-0.2, 0) is 17.4 Å². The molecule has 0 radical (unpaired) electrons. The van der Waals surface area contributed by atoms with Crippen molar-refractivity contribution in [1.29, 1.82) is 0 Å². The standard InChI is InChI=1S/C20H26F3NO3/c1-12(2)6-7-27-15-8-13-4-5-17(25)24(14-10-19(3,26)11-14)18(13)16(9-15)20(21,22)23/h8-9,12,14,26H,4-7,10-11H2,1-3H3/t14-,19-. The van der Waals surface area contributed by atoms with E-state index in [-0.39, 0.29) is 43.0 Å². The molecule has 2 aliphatic rings. The van der Waals surface area contributed by atoms with Crippen molar-refractivity contribution in [2.75, 3.05) is 11.5 Å². The fraction of sp³-hybridized carbons (Fsp3) is 0.650. The fourth-order valence-corrected chi connectivity index (χ4v) is 3.86. The Bertz CT molecular complexity index is 720. The van der Waals surface area contributed by atoms with Gasteiger partial charge >= 0.3 is 6.18 Å². The second kappa shape index (κ2) is 7.00. The van der Waals surface area contributed by atoms with E-state index in [0.717, 1.165) is 12.5 Å². The van der Waals surface area contributed by atoms with Crippen LogP contribution in [0.2, 0.25) is 0 Å². The van der Waals surface area contributed by atoms with Crippen molar-refractivity contribution in [3.05, 3.63) is 23.3 Å². The lowest BCUT2D eigenvalue weighted by molar-refractivity contribution is -0.137. The normalized spacial score (nSPS) is 25.4. The molecule has 3 rings (SSSR count). The van der Waals surface area contributed by atoms with Crippen molar-refractivity contribution in [3.63, 3.8) is 0 Å². The van der Waals surface area contributed by atoms with E-state index in [4.69, 9.17) is 4.74 Å². The molecule has 1 aromatic rings. The molecule has 0 atom stereocenters. The zero-order valence-corrected chi connectivity index (χ0v) is 15.9. The number of ether oxygens (including phenoxy) is 1. The molecule has 1 aliphatic heterocycles. The van der Waals surface area contributed by atoms with Crippen LogP contribution in [0.25, 0.3) is 0 Å². The number of carbonyl (C=O) groups excluding carboxylic acids is 1. The van der Waals surface area contributed by atoms with Gasteiger partial charge in [-0.1, -0.05) is 13.8 Å². The molecule has 27 heavy (non-hydrogen) atoms. The maximum absolute atomic E-state index is 13.8. The van der Waals surface area contributed by atoms with E-state index < -0.39 is 23.4 Å². The van der Waals surface area contributed by atoms with Gasteiger partial charge in [-0.15, -0.1) is 0 Å². The van der Waals surface area contributed by atoms with E-state index in [2.05, 4.69) is 0 Å². The number of benzene rings is 1. The molecule has 1 fully saturated rings. The van der Waals surface area contributed by atoms with E-state index in [0.29, 0.717) is 18.1 Å². The molecular weight excluding hydrogens is 359 g/mol. The number of anilines is 1. The molecule has 4 nitrogen and oxygen atoms in total. The van der Waals surface area contributed by atoms with Gasteiger partial charge in [-0.05, 0) is 56.2 Å². The minimum absolute atomic E-state index is 0.0598. The number of nitrogens with zero attached hydrogens (tertiary/aromatic N) is 1. The number of fused-ring (bicyclic) bond motifs is 1. The second-order valence-corrected chi connectivity index (χ2v) is 8.33. The number of amides is 1. The maximum Gasteiger partial charge on any atom is 0.418 e. The first kappa shape index (κ1) is 20.0. The Kier molecular flexibility index (Phi) is 5.18. The van der Waals surface area contributed by atoms with Crippen molar-refractivity contribution in [3.8, 4) is 5.75 Å². The molecule has 1 N–H and O–H groups in total. The first-order valence-electron chi connectivity index (χ1n) is 9.39. The summed E-state index contributed by atoms with van der Waals surface area (Å²) in [5.41, 5.74) is -1.34. The monoisotopic (exact) mass is 385 g/mol. The molecule has 1 amide bonds. The molecule has 150 valence electrons. The Labute approximate surface area is 157 Å². The van der Waals surface area contributed by atoms with Crippen LogP contribution in [0.5, 0.6) is 5.75 Å². The highest BCUT2D eigenvalue weighted by Crippen LogP contribution is 2.47. The second-order valence-electron chi connectivity index (χ2n) is 8.33. The van der Waals surface area contributed by atoms with Gasteiger partial charge in [-0.25, -0.2) is 0 Å². The van der Waals surface area contributed by atoms with Crippen LogP contribution in [0, 0.1) is 5.92 Å². The van der Waals surface area contributed by atoms with E-state index in [1.165, 1.54) is 4.90 Å². The van der Waals surface area contributed by atoms with E-state index in [9.17, 15) is 23.1 Å². The highest BCUT2D eigenvalue weighted by Gasteiger charge is 2.48. The maximum atomic E-state index is 13.8. The zero-order valence-electron chi connectivity index (χ0n) is 15.9. The van der Waals surface area contributed by atoms with E-state index >= 15 is 0 Å². The van der Waals surface area contributed by atoms with Gasteiger partial charge in [-0.3, -0.25) is 4.79 Å². The molecule has 1 aliphatic carbocycles. The Morgan fingerprint density at radius 3 is 2.52 bits per heavy atom. The minimum atomic E-state index is -4.59. The number of carbonyl (C=O) groups is 1. The Morgan fingerprint density at radius 1 is 1.30 bits per heavy atom. The summed E-state index contributed by atoms with van der Waals surface area (Å²) in [6, 6.07) is 2.23. The van der Waals surface area contributed by atoms with Gasteiger partial charge in [0.1, 0.15) is 5.75 Å². The van der Waals surface area contributed by atoms with Crippen LogP contribution in [0.4, 0.5) is 18.9 Å². The highest BCUT2D eigenvalue weighted by atomic mass is 19.4. The quantitative estimate of drug-likeness (QED) is 0.821. The first-order chi connectivity index (χ1) is 12.5. The van der Waals surface area contributed by atoms with Crippen LogP contribution in [-0.4, -0.2) is 29.3 Å². The molecule has 1 heterocycles. The summed E-state index contributed by atoms with van der Waals surface area (Å²) in [6.45, 7) is 6.03. The van der Waals surface area contributed by atoms with Gasteiger partial charge in [0.05, 0.1) is 23.5 Å². The van der Waals surface area contributed by atoms with Gasteiger partial charge < -0.3 is 14.7 Å². The van der Waals surface area contributed by atoms with Gasteiger partial charge in [0.25, 0.3) is 0 Å². The smallest absolute Gasteiger partial charge is 0.418 e. The third-order valence-electron chi connectivity index (χ3n) is 5.27. The Morgan fingerprint density at radius 2 is 1.96 bits per heavy atom. The third-order valence-corrected chi connectivity index (χ3v) is 5.27. The van der Waals surface area contributed by atoms with Crippen LogP contribution in [0.1, 0.15) is 57.6 Å². The number of alkyl halides is 3. The van der Waals surface area contributed by atoms with Crippen molar-refractivity contribution in [2.24, 2.45) is 5.92 Å². The Hall–Kier alpha value is -1.76. The number of hydrogen-bond acceptors (Lipinski definition) is 3. The highest BCUT2D eigenvalue weighted by molar-refractivity contribution is 5.98. The van der Waals surface area contributed by atoms with Gasteiger partial charge in [0.15, 0.2) is 0 Å². The topological polar surface area (TPSA) is 49.8 Å². The Balaban J connectivity index is 1.97. The lowest BCUT2D eigenvalue weighted by atomic mass is 9.75. The fourth-order valence-electron chi connectivity index (χ4n) is 3.86. The van der Waals surface area contributed by atoms with Gasteiger partial charge in [0, 0.05) is 12.5 Å². The van der Waals surface area contributed by atoms with Crippen molar-refractivity contribution in [1.82, 2.24) is 0 Å². The molecular formula is C20H26F3NO3. The van der Waals surface area contributed by atoms with Crippen molar-refractivity contribution < 1.29 is 27.8 Å². The largest absolute Gasteiger partial charge is 0.494 e. The third kappa shape index (κ3) is 4.23. The summed E-state index contributed by atoms with van der Waals surface area (Å²) in [6.07, 6.45) is -2.86. The molecule has 0 unspecified atom stereocenters. The summed E-state index contributed by atoms with van der Waals surface area (Å²) in [5, 5.41) is 9.98. The molecule has 0 bridgehead atoms. The molecule has 1 saturated carbocycles. The molecule has 0 aromatic heterocycles. The van der Waals surface area contributed by atoms with Crippen molar-refractivity contribution >= 4 is 11.6 Å². The predicted octanol–water partition coefficient (Wildman–Crippen LogP) is 4.32. The van der Waals surface area contributed by atoms with Gasteiger partial charge in [0.2, 0.25) is 5.91 Å². The molecule has 0 spiro atoms. The number of aryl methyl sites for hydroxylation is 1. The summed E-state index contributed by atoms with van der Waals surface area (Å²) in [5.74, 6) is 0.267. The minimum Gasteiger partial charge on any atom is -0.494 e. The number of rotatable bonds is 5. The van der Waals surface area contributed by atoms with Crippen LogP contribution in [0.15, 0.2) is 12.1 Å². The van der Waals surface area contributed by atoms with E-state index in [1.807, 2.05) is 13.8 Å². The van der Waals surface area contributed by atoms with E-state index in [1.54, 1.807) is 13.0 Å². The van der Waals surface area contributed by atoms with Crippen LogP contribution in [0.3, 0.4) is 0 Å². The summed E-state index contributed by atoms with van der Waals surface area (Å²) < 4.78 is 47.0. The average Bonchev–Trinajstić information content (AvgIpc) is 2.51. The lowest BCUT2D eigenvalue weighted by Crippen LogP contribution is -2.57. The summed E-state index contributed by atoms with van der Waals surface area (Å²) >= 11 is 0. The number of halogens is 3. The first-order valence-corrected chi connectivity index (χ1v) is 9.39.